The maximum atomic E-state index is 12.9. The van der Waals surface area contributed by atoms with Gasteiger partial charge in [-0.1, -0.05) is 20.8 Å². The average molecular weight is 297 g/mol. The minimum absolute atomic E-state index is 0.592. The zero-order valence-corrected chi connectivity index (χ0v) is 13.5. The normalized spacial score (nSPS) is 14.9. The second-order valence-corrected chi connectivity index (χ2v) is 8.09. The van der Waals surface area contributed by atoms with Crippen LogP contribution in [0.1, 0.15) is 41.5 Å². The maximum Gasteiger partial charge on any atom is 0.410 e. The van der Waals surface area contributed by atoms with E-state index in [0.29, 0.717) is 0 Å². The number of hydrogen-bond acceptors (Lipinski definition) is 4. The molecule has 0 spiro atoms. The number of ether oxygens (including phenoxy) is 1. The summed E-state index contributed by atoms with van der Waals surface area (Å²) in [4.78, 5) is 13.1. The Morgan fingerprint density at radius 1 is 1.21 bits per heavy atom. The van der Waals surface area contributed by atoms with E-state index in [1.807, 2.05) is 0 Å². The minimum atomic E-state index is -4.68. The van der Waals surface area contributed by atoms with Gasteiger partial charge in [0.1, 0.15) is 11.4 Å². The zero-order chi connectivity index (χ0) is 15.6. The standard InChI is InChI=1S/C12H24FNO4S/c1-11(2,3)9(8-19(13,16)17)14(7)10(15)18-12(4,5)6/h9H,8H2,1-7H3. The van der Waals surface area contributed by atoms with Crippen molar-refractivity contribution in [2.75, 3.05) is 12.8 Å². The molecule has 0 aliphatic carbocycles. The van der Waals surface area contributed by atoms with Crippen molar-refractivity contribution in [3.05, 3.63) is 0 Å². The first-order chi connectivity index (χ1) is 8.13. The second-order valence-electron chi connectivity index (χ2n) is 6.68. The summed E-state index contributed by atoms with van der Waals surface area (Å²) in [6, 6.07) is -0.808. The predicted octanol–water partition coefficient (Wildman–Crippen LogP) is 2.57. The Morgan fingerprint density at radius 3 is 1.89 bits per heavy atom. The van der Waals surface area contributed by atoms with E-state index in [0.717, 1.165) is 4.90 Å². The molecule has 0 saturated heterocycles. The Bertz CT molecular complexity index is 420. The summed E-state index contributed by atoms with van der Waals surface area (Å²) < 4.78 is 39.8. The van der Waals surface area contributed by atoms with E-state index in [2.05, 4.69) is 0 Å². The van der Waals surface area contributed by atoms with Crippen molar-refractivity contribution >= 4 is 16.3 Å². The molecule has 0 bridgehead atoms. The van der Waals surface area contributed by atoms with Gasteiger partial charge in [0.05, 0.1) is 6.04 Å². The molecule has 0 aromatic carbocycles. The van der Waals surface area contributed by atoms with Crippen molar-refractivity contribution in [1.29, 1.82) is 0 Å². The molecule has 0 saturated carbocycles. The van der Waals surface area contributed by atoms with Gasteiger partial charge in [0.25, 0.3) is 0 Å². The Morgan fingerprint density at radius 2 is 1.63 bits per heavy atom. The molecule has 5 nitrogen and oxygen atoms in total. The van der Waals surface area contributed by atoms with Crippen LogP contribution in [0, 0.1) is 5.41 Å². The molecule has 0 heterocycles. The van der Waals surface area contributed by atoms with Gasteiger partial charge < -0.3 is 9.64 Å². The highest BCUT2D eigenvalue weighted by Crippen LogP contribution is 2.26. The lowest BCUT2D eigenvalue weighted by Gasteiger charge is -2.37. The van der Waals surface area contributed by atoms with Crippen molar-refractivity contribution < 1.29 is 21.8 Å². The number of rotatable bonds is 3. The largest absolute Gasteiger partial charge is 0.444 e. The molecule has 1 atom stereocenters. The summed E-state index contributed by atoms with van der Waals surface area (Å²) >= 11 is 0. The number of halogens is 1. The molecule has 1 unspecified atom stereocenters. The molecule has 0 fully saturated rings. The maximum absolute atomic E-state index is 12.9. The first-order valence-electron chi connectivity index (χ1n) is 6.01. The van der Waals surface area contributed by atoms with Gasteiger partial charge in [0.2, 0.25) is 0 Å². The third-order valence-electron chi connectivity index (χ3n) is 2.51. The van der Waals surface area contributed by atoms with Crippen LogP contribution in [0.3, 0.4) is 0 Å². The molecule has 0 aromatic rings. The minimum Gasteiger partial charge on any atom is -0.444 e. The molecule has 0 aromatic heterocycles. The lowest BCUT2D eigenvalue weighted by atomic mass is 9.87. The van der Waals surface area contributed by atoms with Gasteiger partial charge in [0.15, 0.2) is 0 Å². The molecule has 0 aliphatic heterocycles. The third kappa shape index (κ3) is 7.34. The summed E-state index contributed by atoms with van der Waals surface area (Å²) in [5, 5.41) is 0. The van der Waals surface area contributed by atoms with Crippen LogP contribution < -0.4 is 0 Å². The first kappa shape index (κ1) is 18.1. The summed E-state index contributed by atoms with van der Waals surface area (Å²) in [6.07, 6.45) is -0.670. The Labute approximate surface area is 115 Å². The van der Waals surface area contributed by atoms with Crippen molar-refractivity contribution in [2.45, 2.75) is 53.2 Å². The van der Waals surface area contributed by atoms with E-state index < -0.39 is 39.1 Å². The van der Waals surface area contributed by atoms with Crippen LogP contribution in [-0.4, -0.2) is 43.9 Å². The molecule has 0 N–H and O–H groups in total. The van der Waals surface area contributed by atoms with Crippen LogP contribution in [0.2, 0.25) is 0 Å². The van der Waals surface area contributed by atoms with E-state index in [1.54, 1.807) is 41.5 Å². The van der Waals surface area contributed by atoms with Crippen LogP contribution in [-0.2, 0) is 15.0 Å². The van der Waals surface area contributed by atoms with E-state index >= 15 is 0 Å². The highest BCUT2D eigenvalue weighted by molar-refractivity contribution is 7.86. The summed E-state index contributed by atoms with van der Waals surface area (Å²) in [5.74, 6) is -0.744. The SMILES string of the molecule is CN(C(=O)OC(C)(C)C)C(CS(=O)(=O)F)C(C)(C)C. The van der Waals surface area contributed by atoms with Gasteiger partial charge in [-0.25, -0.2) is 4.79 Å². The molecule has 0 radical (unpaired) electrons. The highest BCUT2D eigenvalue weighted by Gasteiger charge is 2.36. The Hall–Kier alpha value is -0.850. The van der Waals surface area contributed by atoms with Crippen molar-refractivity contribution in [2.24, 2.45) is 5.41 Å². The summed E-state index contributed by atoms with van der Waals surface area (Å²) in [6.45, 7) is 10.3. The third-order valence-corrected chi connectivity index (χ3v) is 3.22. The zero-order valence-electron chi connectivity index (χ0n) is 12.7. The monoisotopic (exact) mass is 297 g/mol. The van der Waals surface area contributed by atoms with Crippen LogP contribution >= 0.6 is 0 Å². The number of hydrogen-bond donors (Lipinski definition) is 0. The van der Waals surface area contributed by atoms with Gasteiger partial charge in [-0.2, -0.15) is 8.42 Å². The first-order valence-corrected chi connectivity index (χ1v) is 7.57. The number of nitrogens with zero attached hydrogens (tertiary/aromatic N) is 1. The molecule has 0 rings (SSSR count). The molecular weight excluding hydrogens is 273 g/mol. The van der Waals surface area contributed by atoms with E-state index in [-0.39, 0.29) is 0 Å². The van der Waals surface area contributed by atoms with Crippen molar-refractivity contribution in [3.63, 3.8) is 0 Å². The summed E-state index contributed by atoms with van der Waals surface area (Å²) in [5.41, 5.74) is -1.28. The quantitative estimate of drug-likeness (QED) is 0.751. The fourth-order valence-electron chi connectivity index (χ4n) is 1.59. The van der Waals surface area contributed by atoms with Gasteiger partial charge >= 0.3 is 16.3 Å². The van der Waals surface area contributed by atoms with Crippen molar-refractivity contribution in [3.8, 4) is 0 Å². The Balaban J connectivity index is 5.13. The second kappa shape index (κ2) is 5.64. The van der Waals surface area contributed by atoms with E-state index in [4.69, 9.17) is 4.74 Å². The Kier molecular flexibility index (Phi) is 5.39. The van der Waals surface area contributed by atoms with Crippen LogP contribution in [0.15, 0.2) is 0 Å². The smallest absolute Gasteiger partial charge is 0.410 e. The fourth-order valence-corrected chi connectivity index (χ4v) is 2.69. The van der Waals surface area contributed by atoms with Crippen molar-refractivity contribution in [1.82, 2.24) is 4.90 Å². The van der Waals surface area contributed by atoms with Gasteiger partial charge in [-0.05, 0) is 26.2 Å². The average Bonchev–Trinajstić information content (AvgIpc) is 2.06. The van der Waals surface area contributed by atoms with Gasteiger partial charge in [-0.3, -0.25) is 0 Å². The predicted molar refractivity (Wildman–Crippen MR) is 72.1 cm³/mol. The molecule has 1 amide bonds. The molecule has 114 valence electrons. The fraction of sp³-hybridized carbons (Fsp3) is 0.917. The van der Waals surface area contributed by atoms with Gasteiger partial charge in [-0.15, -0.1) is 3.89 Å². The topological polar surface area (TPSA) is 63.7 Å². The highest BCUT2D eigenvalue weighted by atomic mass is 32.3. The lowest BCUT2D eigenvalue weighted by molar-refractivity contribution is 0.0132. The molecule has 0 aliphatic rings. The van der Waals surface area contributed by atoms with Crippen LogP contribution in [0.25, 0.3) is 0 Å². The molecular formula is C12H24FNO4S. The molecule has 7 heteroatoms. The number of carbonyl (C=O) groups is 1. The lowest BCUT2D eigenvalue weighted by Crippen LogP contribution is -2.50. The number of carbonyl (C=O) groups excluding carboxylic acids is 1. The van der Waals surface area contributed by atoms with Gasteiger partial charge in [0, 0.05) is 7.05 Å². The van der Waals surface area contributed by atoms with Crippen LogP contribution in [0.4, 0.5) is 8.68 Å². The van der Waals surface area contributed by atoms with E-state index in [1.165, 1.54) is 7.05 Å². The number of amides is 1. The summed E-state index contributed by atoms with van der Waals surface area (Å²) in [7, 11) is -3.27. The molecule has 19 heavy (non-hydrogen) atoms. The van der Waals surface area contributed by atoms with Crippen LogP contribution in [0.5, 0.6) is 0 Å². The van der Waals surface area contributed by atoms with E-state index in [9.17, 15) is 17.1 Å².